The van der Waals surface area contributed by atoms with E-state index < -0.39 is 0 Å². The largest absolute Gasteiger partial charge is 0.346 e. The van der Waals surface area contributed by atoms with Crippen molar-refractivity contribution in [3.8, 4) is 0 Å². The Balaban J connectivity index is 2.19. The summed E-state index contributed by atoms with van der Waals surface area (Å²) in [6, 6.07) is 2.99. The molecule has 0 aliphatic carbocycles. The Bertz CT molecular complexity index is 466. The Kier molecular flexibility index (Phi) is 2.10. The lowest BCUT2D eigenvalue weighted by Gasteiger charge is -1.99. The summed E-state index contributed by atoms with van der Waals surface area (Å²) in [6.07, 6.45) is 3.39. The molecule has 2 aromatic rings. The SMILES string of the molecule is Cn1nnc(Cn2ccc(=O)cc2)n1. The van der Waals surface area contributed by atoms with Crippen LogP contribution in [0.2, 0.25) is 0 Å². The Morgan fingerprint density at radius 3 is 2.64 bits per heavy atom. The van der Waals surface area contributed by atoms with Crippen LogP contribution in [0.15, 0.2) is 29.3 Å². The summed E-state index contributed by atoms with van der Waals surface area (Å²) in [4.78, 5) is 12.2. The summed E-state index contributed by atoms with van der Waals surface area (Å²) in [6.45, 7) is 0.522. The Labute approximate surface area is 79.8 Å². The van der Waals surface area contributed by atoms with Gasteiger partial charge in [-0.2, -0.15) is 4.80 Å². The van der Waals surface area contributed by atoms with Crippen molar-refractivity contribution in [3.05, 3.63) is 40.6 Å². The van der Waals surface area contributed by atoms with E-state index in [1.54, 1.807) is 19.4 Å². The molecule has 0 atom stereocenters. The second-order valence-electron chi connectivity index (χ2n) is 2.90. The van der Waals surface area contributed by atoms with Gasteiger partial charge in [-0.3, -0.25) is 4.79 Å². The summed E-state index contributed by atoms with van der Waals surface area (Å²) in [5.41, 5.74) is -0.00615. The highest BCUT2D eigenvalue weighted by Crippen LogP contribution is 1.91. The summed E-state index contributed by atoms with van der Waals surface area (Å²) in [7, 11) is 1.71. The molecule has 0 saturated carbocycles. The van der Waals surface area contributed by atoms with Crippen molar-refractivity contribution >= 4 is 0 Å². The average Bonchev–Trinajstić information content (AvgIpc) is 2.56. The van der Waals surface area contributed by atoms with Crippen LogP contribution in [0.25, 0.3) is 0 Å². The van der Waals surface area contributed by atoms with Crippen molar-refractivity contribution in [2.45, 2.75) is 6.54 Å². The van der Waals surface area contributed by atoms with Crippen LogP contribution in [0.5, 0.6) is 0 Å². The fraction of sp³-hybridized carbons (Fsp3) is 0.250. The van der Waals surface area contributed by atoms with E-state index in [-0.39, 0.29) is 5.43 Å². The molecule has 6 heteroatoms. The number of pyridine rings is 1. The summed E-state index contributed by atoms with van der Waals surface area (Å²) < 4.78 is 1.82. The van der Waals surface area contributed by atoms with Gasteiger partial charge in [0.2, 0.25) is 0 Å². The monoisotopic (exact) mass is 191 g/mol. The zero-order valence-corrected chi connectivity index (χ0v) is 7.66. The molecule has 0 aromatic carbocycles. The van der Waals surface area contributed by atoms with Crippen LogP contribution in [0, 0.1) is 0 Å². The zero-order chi connectivity index (χ0) is 9.97. The average molecular weight is 191 g/mol. The summed E-state index contributed by atoms with van der Waals surface area (Å²) in [5.74, 6) is 0.621. The third-order valence-electron chi connectivity index (χ3n) is 1.73. The number of nitrogens with zero attached hydrogens (tertiary/aromatic N) is 5. The molecular formula is C8H9N5O. The Hall–Kier alpha value is -1.98. The van der Waals surface area contributed by atoms with Crippen LogP contribution in [-0.2, 0) is 13.6 Å². The molecule has 72 valence electrons. The standard InChI is InChI=1S/C8H9N5O/c1-12-10-8(9-11-12)6-13-4-2-7(14)3-5-13/h2-5H,6H2,1H3. The lowest BCUT2D eigenvalue weighted by molar-refractivity contribution is 0.625. The number of hydrogen-bond donors (Lipinski definition) is 0. The van der Waals surface area contributed by atoms with Gasteiger partial charge in [-0.05, 0) is 5.21 Å². The molecule has 0 aliphatic heterocycles. The van der Waals surface area contributed by atoms with Gasteiger partial charge in [0, 0.05) is 24.5 Å². The van der Waals surface area contributed by atoms with Crippen LogP contribution in [0.3, 0.4) is 0 Å². The maximum absolute atomic E-state index is 10.8. The maximum atomic E-state index is 10.8. The van der Waals surface area contributed by atoms with Crippen LogP contribution >= 0.6 is 0 Å². The second kappa shape index (κ2) is 3.41. The number of hydrogen-bond acceptors (Lipinski definition) is 4. The first-order valence-corrected chi connectivity index (χ1v) is 4.13. The Morgan fingerprint density at radius 1 is 1.36 bits per heavy atom. The highest BCUT2D eigenvalue weighted by Gasteiger charge is 1.99. The topological polar surface area (TPSA) is 65.6 Å². The molecule has 0 N–H and O–H groups in total. The van der Waals surface area contributed by atoms with E-state index in [1.165, 1.54) is 16.9 Å². The van der Waals surface area contributed by atoms with Gasteiger partial charge in [-0.1, -0.05) is 0 Å². The molecule has 2 heterocycles. The number of aryl methyl sites for hydroxylation is 1. The molecule has 0 spiro atoms. The van der Waals surface area contributed by atoms with E-state index in [0.29, 0.717) is 12.4 Å². The first-order valence-electron chi connectivity index (χ1n) is 4.13. The van der Waals surface area contributed by atoms with E-state index in [0.717, 1.165) is 0 Å². The number of aromatic nitrogens is 5. The molecule has 0 bridgehead atoms. The lowest BCUT2D eigenvalue weighted by Crippen LogP contribution is -2.06. The van der Waals surface area contributed by atoms with E-state index >= 15 is 0 Å². The molecule has 0 saturated heterocycles. The molecular weight excluding hydrogens is 182 g/mol. The molecule has 2 rings (SSSR count). The van der Waals surface area contributed by atoms with Gasteiger partial charge in [-0.25, -0.2) is 0 Å². The minimum atomic E-state index is -0.00615. The number of rotatable bonds is 2. The molecule has 0 fully saturated rings. The smallest absolute Gasteiger partial charge is 0.194 e. The minimum Gasteiger partial charge on any atom is -0.346 e. The van der Waals surface area contributed by atoms with Crippen LogP contribution in [0.1, 0.15) is 5.82 Å². The molecule has 0 radical (unpaired) electrons. The van der Waals surface area contributed by atoms with Gasteiger partial charge in [0.05, 0.1) is 13.6 Å². The predicted molar refractivity (Wildman–Crippen MR) is 48.6 cm³/mol. The van der Waals surface area contributed by atoms with E-state index in [2.05, 4.69) is 15.4 Å². The van der Waals surface area contributed by atoms with Gasteiger partial charge in [0.15, 0.2) is 11.3 Å². The first-order chi connectivity index (χ1) is 6.74. The molecule has 0 unspecified atom stereocenters. The summed E-state index contributed by atoms with van der Waals surface area (Å²) >= 11 is 0. The molecule has 0 aliphatic rings. The van der Waals surface area contributed by atoms with Crippen LogP contribution < -0.4 is 5.43 Å². The fourth-order valence-electron chi connectivity index (χ4n) is 1.10. The van der Waals surface area contributed by atoms with Gasteiger partial charge in [0.25, 0.3) is 0 Å². The third kappa shape index (κ3) is 1.85. The van der Waals surface area contributed by atoms with E-state index in [1.807, 2.05) is 4.57 Å². The van der Waals surface area contributed by atoms with Gasteiger partial charge in [-0.15, -0.1) is 10.2 Å². The van der Waals surface area contributed by atoms with Crippen LogP contribution in [-0.4, -0.2) is 24.8 Å². The normalized spacial score (nSPS) is 10.4. The van der Waals surface area contributed by atoms with Crippen molar-refractivity contribution in [1.82, 2.24) is 24.8 Å². The predicted octanol–water partition coefficient (Wildman–Crippen LogP) is -0.580. The van der Waals surface area contributed by atoms with Crippen molar-refractivity contribution in [1.29, 1.82) is 0 Å². The minimum absolute atomic E-state index is 0.00615. The maximum Gasteiger partial charge on any atom is 0.194 e. The molecule has 2 aromatic heterocycles. The second-order valence-corrected chi connectivity index (χ2v) is 2.90. The molecule has 14 heavy (non-hydrogen) atoms. The third-order valence-corrected chi connectivity index (χ3v) is 1.73. The Morgan fingerprint density at radius 2 is 2.07 bits per heavy atom. The van der Waals surface area contributed by atoms with Crippen molar-refractivity contribution in [2.24, 2.45) is 7.05 Å². The highest BCUT2D eigenvalue weighted by atomic mass is 16.1. The van der Waals surface area contributed by atoms with Crippen molar-refractivity contribution in [2.75, 3.05) is 0 Å². The van der Waals surface area contributed by atoms with Crippen LogP contribution in [0.4, 0.5) is 0 Å². The highest BCUT2D eigenvalue weighted by molar-refractivity contribution is 4.95. The quantitative estimate of drug-likeness (QED) is 0.637. The van der Waals surface area contributed by atoms with Crippen molar-refractivity contribution in [3.63, 3.8) is 0 Å². The van der Waals surface area contributed by atoms with Crippen molar-refractivity contribution < 1.29 is 0 Å². The molecule has 0 amide bonds. The van der Waals surface area contributed by atoms with Gasteiger partial charge < -0.3 is 4.57 Å². The summed E-state index contributed by atoms with van der Waals surface area (Å²) in [5, 5.41) is 11.6. The lowest BCUT2D eigenvalue weighted by atomic mass is 10.4. The van der Waals surface area contributed by atoms with Gasteiger partial charge >= 0.3 is 0 Å². The van der Waals surface area contributed by atoms with Gasteiger partial charge in [0.1, 0.15) is 0 Å². The number of tetrazole rings is 1. The van der Waals surface area contributed by atoms with E-state index in [9.17, 15) is 4.79 Å². The molecule has 6 nitrogen and oxygen atoms in total. The zero-order valence-electron chi connectivity index (χ0n) is 7.66. The first kappa shape index (κ1) is 8.61. The van der Waals surface area contributed by atoms with E-state index in [4.69, 9.17) is 0 Å². The fourth-order valence-corrected chi connectivity index (χ4v) is 1.10.